The van der Waals surface area contributed by atoms with Gasteiger partial charge in [-0.1, -0.05) is 30.2 Å². The monoisotopic (exact) mass is 406 g/mol. The lowest BCUT2D eigenvalue weighted by molar-refractivity contribution is -0.133. The first-order valence-corrected chi connectivity index (χ1v) is 10.7. The van der Waals surface area contributed by atoms with Crippen LogP contribution in [-0.4, -0.2) is 37.1 Å². The van der Waals surface area contributed by atoms with Crippen molar-refractivity contribution in [3.63, 3.8) is 0 Å². The Bertz CT molecular complexity index is 701. The number of carbonyl (C=O) groups is 2. The second-order valence-electron chi connectivity index (χ2n) is 8.40. The molecule has 1 saturated heterocycles. The Morgan fingerprint density at radius 2 is 1.96 bits per heavy atom. The van der Waals surface area contributed by atoms with Gasteiger partial charge in [-0.3, -0.25) is 9.59 Å². The molecule has 1 heterocycles. The Kier molecular flexibility index (Phi) is 7.00. The van der Waals surface area contributed by atoms with Gasteiger partial charge in [0, 0.05) is 36.2 Å². The first kappa shape index (κ1) is 21.1. The van der Waals surface area contributed by atoms with E-state index in [9.17, 15) is 9.59 Å². The zero-order valence-corrected chi connectivity index (χ0v) is 17.6. The maximum Gasteiger partial charge on any atom is 0.231 e. The quantitative estimate of drug-likeness (QED) is 0.785. The number of rotatable bonds is 5. The van der Waals surface area contributed by atoms with E-state index >= 15 is 0 Å². The molecular formula is C22H31ClN2O3. The van der Waals surface area contributed by atoms with Crippen LogP contribution in [0, 0.1) is 5.92 Å². The second-order valence-corrected chi connectivity index (χ2v) is 8.84. The molecule has 1 aromatic rings. The van der Waals surface area contributed by atoms with Gasteiger partial charge >= 0.3 is 0 Å². The van der Waals surface area contributed by atoms with Gasteiger partial charge in [0.2, 0.25) is 11.8 Å². The summed E-state index contributed by atoms with van der Waals surface area (Å²) < 4.78 is 5.54. The second kappa shape index (κ2) is 9.27. The summed E-state index contributed by atoms with van der Waals surface area (Å²) in [6.07, 6.45) is 4.74. The highest BCUT2D eigenvalue weighted by molar-refractivity contribution is 6.30. The maximum absolute atomic E-state index is 13.4. The van der Waals surface area contributed by atoms with E-state index in [0.29, 0.717) is 37.5 Å². The minimum Gasteiger partial charge on any atom is -0.381 e. The van der Waals surface area contributed by atoms with E-state index in [1.165, 1.54) is 0 Å². The van der Waals surface area contributed by atoms with Crippen molar-refractivity contribution in [1.82, 2.24) is 10.6 Å². The molecule has 28 heavy (non-hydrogen) atoms. The van der Waals surface area contributed by atoms with E-state index in [-0.39, 0.29) is 29.8 Å². The molecule has 1 aliphatic heterocycles. The lowest BCUT2D eigenvalue weighted by Gasteiger charge is -2.38. The number of amides is 2. The largest absolute Gasteiger partial charge is 0.381 e. The fourth-order valence-corrected chi connectivity index (χ4v) is 4.63. The zero-order chi connectivity index (χ0) is 20.1. The van der Waals surface area contributed by atoms with E-state index in [0.717, 1.165) is 24.8 Å². The Hall–Kier alpha value is -1.59. The molecule has 2 fully saturated rings. The highest BCUT2D eigenvalue weighted by atomic mass is 35.5. The Balaban J connectivity index is 1.72. The number of halogens is 1. The third-order valence-corrected chi connectivity index (χ3v) is 6.20. The summed E-state index contributed by atoms with van der Waals surface area (Å²) in [5.41, 5.74) is 0.335. The van der Waals surface area contributed by atoms with Gasteiger partial charge in [0.1, 0.15) is 0 Å². The number of hydrogen-bond acceptors (Lipinski definition) is 3. The SMILES string of the molecule is CC(C)NC(=O)C1CCCC(NC(=O)C2(c3cccc(Cl)c3)CCOCC2)C1. The lowest BCUT2D eigenvalue weighted by Crippen LogP contribution is -2.52. The average molecular weight is 407 g/mol. The molecule has 6 heteroatoms. The van der Waals surface area contributed by atoms with E-state index in [4.69, 9.17) is 16.3 Å². The van der Waals surface area contributed by atoms with E-state index in [2.05, 4.69) is 10.6 Å². The Morgan fingerprint density at radius 3 is 2.64 bits per heavy atom. The molecule has 2 unspecified atom stereocenters. The van der Waals surface area contributed by atoms with Crippen LogP contribution in [0.2, 0.25) is 5.02 Å². The standard InChI is InChI=1S/C22H31ClN2O3/c1-15(2)24-20(26)16-5-3-8-19(13-16)25-21(27)22(9-11-28-12-10-22)17-6-4-7-18(23)14-17/h4,6-7,14-16,19H,3,5,8-13H2,1-2H3,(H,24,26)(H,25,27). The third-order valence-electron chi connectivity index (χ3n) is 5.97. The molecule has 154 valence electrons. The predicted octanol–water partition coefficient (Wildman–Crippen LogP) is 3.59. The van der Waals surface area contributed by atoms with Crippen molar-refractivity contribution in [2.75, 3.05) is 13.2 Å². The van der Waals surface area contributed by atoms with Crippen molar-refractivity contribution in [1.29, 1.82) is 0 Å². The summed E-state index contributed by atoms with van der Waals surface area (Å²) in [5, 5.41) is 6.91. The van der Waals surface area contributed by atoms with Gasteiger partial charge in [0.15, 0.2) is 0 Å². The normalized spacial score (nSPS) is 24.6. The fourth-order valence-electron chi connectivity index (χ4n) is 4.44. The molecule has 0 aromatic heterocycles. The Labute approximate surface area is 172 Å². The summed E-state index contributed by atoms with van der Waals surface area (Å²) in [6.45, 7) is 5.06. The van der Waals surface area contributed by atoms with Crippen LogP contribution in [0.15, 0.2) is 24.3 Å². The Morgan fingerprint density at radius 1 is 1.21 bits per heavy atom. The highest BCUT2D eigenvalue weighted by Gasteiger charge is 2.43. The molecular weight excluding hydrogens is 376 g/mol. The molecule has 2 aliphatic rings. The molecule has 3 rings (SSSR count). The van der Waals surface area contributed by atoms with Crippen molar-refractivity contribution in [2.45, 2.75) is 69.9 Å². The molecule has 1 saturated carbocycles. The van der Waals surface area contributed by atoms with Crippen LogP contribution < -0.4 is 10.6 Å². The number of carbonyl (C=O) groups excluding carboxylic acids is 2. The van der Waals surface area contributed by atoms with Crippen LogP contribution in [-0.2, 0) is 19.7 Å². The summed E-state index contributed by atoms with van der Waals surface area (Å²) in [4.78, 5) is 25.9. The summed E-state index contributed by atoms with van der Waals surface area (Å²) in [6, 6.07) is 7.77. The highest BCUT2D eigenvalue weighted by Crippen LogP contribution is 2.37. The zero-order valence-electron chi connectivity index (χ0n) is 16.8. The van der Waals surface area contributed by atoms with E-state index < -0.39 is 5.41 Å². The molecule has 1 aliphatic carbocycles. The molecule has 5 nitrogen and oxygen atoms in total. The smallest absolute Gasteiger partial charge is 0.231 e. The maximum atomic E-state index is 13.4. The van der Waals surface area contributed by atoms with Crippen LogP contribution in [0.5, 0.6) is 0 Å². The lowest BCUT2D eigenvalue weighted by atomic mass is 9.73. The average Bonchev–Trinajstić information content (AvgIpc) is 2.68. The minimum absolute atomic E-state index is 0.0294. The number of hydrogen-bond donors (Lipinski definition) is 2. The third kappa shape index (κ3) is 4.87. The van der Waals surface area contributed by atoms with Crippen molar-refractivity contribution in [2.24, 2.45) is 5.92 Å². The number of ether oxygens (including phenoxy) is 1. The van der Waals surface area contributed by atoms with Crippen molar-refractivity contribution in [3.8, 4) is 0 Å². The van der Waals surface area contributed by atoms with Crippen molar-refractivity contribution < 1.29 is 14.3 Å². The van der Waals surface area contributed by atoms with Gasteiger partial charge in [-0.05, 0) is 63.6 Å². The van der Waals surface area contributed by atoms with Gasteiger partial charge in [-0.25, -0.2) is 0 Å². The predicted molar refractivity (Wildman–Crippen MR) is 110 cm³/mol. The van der Waals surface area contributed by atoms with Crippen LogP contribution in [0.3, 0.4) is 0 Å². The summed E-state index contributed by atoms with van der Waals surface area (Å²) in [7, 11) is 0. The van der Waals surface area contributed by atoms with Crippen LogP contribution in [0.4, 0.5) is 0 Å². The van der Waals surface area contributed by atoms with E-state index in [1.54, 1.807) is 0 Å². The van der Waals surface area contributed by atoms with Gasteiger partial charge in [-0.2, -0.15) is 0 Å². The summed E-state index contributed by atoms with van der Waals surface area (Å²) >= 11 is 6.21. The number of nitrogens with one attached hydrogen (secondary N) is 2. The first-order valence-electron chi connectivity index (χ1n) is 10.4. The van der Waals surface area contributed by atoms with Gasteiger partial charge in [0.05, 0.1) is 5.41 Å². The van der Waals surface area contributed by atoms with Crippen LogP contribution in [0.1, 0.15) is 57.9 Å². The summed E-state index contributed by atoms with van der Waals surface area (Å²) in [5.74, 6) is 0.107. The molecule has 2 atom stereocenters. The van der Waals surface area contributed by atoms with Crippen molar-refractivity contribution in [3.05, 3.63) is 34.9 Å². The number of benzene rings is 1. The topological polar surface area (TPSA) is 67.4 Å². The van der Waals surface area contributed by atoms with Gasteiger partial charge in [-0.15, -0.1) is 0 Å². The molecule has 0 spiro atoms. The molecule has 0 bridgehead atoms. The fraction of sp³-hybridized carbons (Fsp3) is 0.636. The van der Waals surface area contributed by atoms with Gasteiger partial charge in [0.25, 0.3) is 0 Å². The van der Waals surface area contributed by atoms with Gasteiger partial charge < -0.3 is 15.4 Å². The first-order chi connectivity index (χ1) is 13.4. The van der Waals surface area contributed by atoms with Crippen molar-refractivity contribution >= 4 is 23.4 Å². The van der Waals surface area contributed by atoms with Crippen LogP contribution in [0.25, 0.3) is 0 Å². The molecule has 2 amide bonds. The molecule has 2 N–H and O–H groups in total. The minimum atomic E-state index is -0.615. The van der Waals surface area contributed by atoms with E-state index in [1.807, 2.05) is 38.1 Å². The van der Waals surface area contributed by atoms with Crippen LogP contribution >= 0.6 is 11.6 Å². The molecule has 1 aromatic carbocycles. The molecule has 0 radical (unpaired) electrons.